The van der Waals surface area contributed by atoms with Crippen LogP contribution < -0.4 is 45.5 Å². The van der Waals surface area contributed by atoms with E-state index in [2.05, 4.69) is 16.0 Å². The number of benzene rings is 1. The second-order valence-corrected chi connectivity index (χ2v) is 15.2. The molecule has 0 aromatic heterocycles. The molecule has 0 spiro atoms. The van der Waals surface area contributed by atoms with Crippen LogP contribution in [0.2, 0.25) is 0 Å². The van der Waals surface area contributed by atoms with Gasteiger partial charge in [0.25, 0.3) is 0 Å². The molecule has 2 aliphatic heterocycles. The second kappa shape index (κ2) is 16.2. The van der Waals surface area contributed by atoms with E-state index in [1.54, 1.807) is 13.8 Å². The number of hydrogen-bond acceptors (Lipinski definition) is 10. The minimum atomic E-state index is -5.25. The van der Waals surface area contributed by atoms with Crippen LogP contribution in [-0.2, 0) is 40.9 Å². The molecule has 242 valence electrons. The molecule has 2 fully saturated rings. The van der Waals surface area contributed by atoms with Crippen LogP contribution in [0.5, 0.6) is 0 Å². The van der Waals surface area contributed by atoms with Gasteiger partial charge in [0.2, 0.25) is 21.8 Å². The van der Waals surface area contributed by atoms with Crippen molar-refractivity contribution in [1.29, 1.82) is 0 Å². The first-order chi connectivity index (χ1) is 20.0. The monoisotopic (exact) mass is 668 g/mol. The summed E-state index contributed by atoms with van der Waals surface area (Å²) in [6, 6.07) is 6.40. The smallest absolute Gasteiger partial charge is 0.746 e. The van der Waals surface area contributed by atoms with Gasteiger partial charge in [0, 0.05) is 44.8 Å². The molecule has 2 heterocycles. The SMILES string of the molecule is CC(C)C[C@H](NC(=O)OC1(Cc2ccccc2)CCN(S(C)(=O)=O)CC1)C(=O)N[C@@H](C[C@@H]1CCNC1=O)C(O)S(=O)(=O)[O-].[Na+]. The van der Waals surface area contributed by atoms with E-state index in [-0.39, 0.29) is 80.2 Å². The van der Waals surface area contributed by atoms with Gasteiger partial charge >= 0.3 is 35.7 Å². The minimum Gasteiger partial charge on any atom is -0.746 e. The number of nitrogens with zero attached hydrogens (tertiary/aromatic N) is 1. The van der Waals surface area contributed by atoms with Gasteiger partial charge < -0.3 is 30.3 Å². The zero-order valence-electron chi connectivity index (χ0n) is 25.5. The van der Waals surface area contributed by atoms with Crippen LogP contribution in [0.4, 0.5) is 4.79 Å². The van der Waals surface area contributed by atoms with Gasteiger partial charge in [-0.2, -0.15) is 0 Å². The summed E-state index contributed by atoms with van der Waals surface area (Å²) in [5, 5.41) is 17.7. The topological polar surface area (TPSA) is 211 Å². The first-order valence-corrected chi connectivity index (χ1v) is 17.5. The number of nitrogens with one attached hydrogen (secondary N) is 3. The van der Waals surface area contributed by atoms with Gasteiger partial charge in [-0.15, -0.1) is 0 Å². The van der Waals surface area contributed by atoms with Gasteiger partial charge in [0.05, 0.1) is 12.3 Å². The number of alkyl carbamates (subject to hydrolysis) is 1. The summed E-state index contributed by atoms with van der Waals surface area (Å²) in [5.74, 6) is -2.10. The number of aliphatic hydroxyl groups excluding tert-OH is 1. The number of hydrogen-bond donors (Lipinski definition) is 4. The van der Waals surface area contributed by atoms with Gasteiger partial charge in [-0.25, -0.2) is 25.9 Å². The Hall–Kier alpha value is -1.79. The van der Waals surface area contributed by atoms with Crippen molar-refractivity contribution in [2.75, 3.05) is 25.9 Å². The average molecular weight is 669 g/mol. The molecule has 17 heteroatoms. The maximum absolute atomic E-state index is 13.4. The van der Waals surface area contributed by atoms with E-state index in [0.717, 1.165) is 11.8 Å². The van der Waals surface area contributed by atoms with Gasteiger partial charge in [-0.3, -0.25) is 9.59 Å². The summed E-state index contributed by atoms with van der Waals surface area (Å²) >= 11 is 0. The Morgan fingerprint density at radius 2 is 1.75 bits per heavy atom. The molecule has 1 aromatic carbocycles. The van der Waals surface area contributed by atoms with Crippen LogP contribution in [0.3, 0.4) is 0 Å². The van der Waals surface area contributed by atoms with Crippen molar-refractivity contribution in [3.63, 3.8) is 0 Å². The summed E-state index contributed by atoms with van der Waals surface area (Å²) in [5.41, 5.74) is -2.71. The van der Waals surface area contributed by atoms with Crippen LogP contribution in [0.1, 0.15) is 51.5 Å². The number of piperidine rings is 1. The molecule has 0 bridgehead atoms. The maximum atomic E-state index is 13.4. The second-order valence-electron chi connectivity index (χ2n) is 11.7. The standard InChI is InChI=1S/C27H42N4O10S2.Na/c1-18(2)15-21(24(33)29-22(25(34)43(38,39)40)16-20-9-12-28-23(20)32)30-26(35)41-27(17-19-7-5-4-6-8-19)10-13-31(14-11-27)42(3,36)37;/h4-8,18,20-22,25,34H,9-17H2,1-3H3,(H,28,32)(H,29,33)(H,30,35)(H,38,39,40);/q;+1/p-1/t20-,21-,22-,25?;/m0./s1. The fraction of sp³-hybridized carbons (Fsp3) is 0.667. The predicted molar refractivity (Wildman–Crippen MR) is 155 cm³/mol. The zero-order valence-corrected chi connectivity index (χ0v) is 29.2. The number of sulfonamides is 1. The summed E-state index contributed by atoms with van der Waals surface area (Å²) in [4.78, 5) is 38.7. The van der Waals surface area contributed by atoms with Gasteiger partial charge in [0.15, 0.2) is 5.44 Å². The van der Waals surface area contributed by atoms with E-state index in [1.165, 1.54) is 4.31 Å². The molecule has 4 atom stereocenters. The number of rotatable bonds is 13. The molecular formula is C27H41N4NaO10S2. The van der Waals surface area contributed by atoms with E-state index >= 15 is 0 Å². The van der Waals surface area contributed by atoms with Crippen molar-refractivity contribution in [2.24, 2.45) is 11.8 Å². The first kappa shape index (κ1) is 38.4. The third kappa shape index (κ3) is 11.2. The third-order valence-electron chi connectivity index (χ3n) is 7.77. The van der Waals surface area contributed by atoms with Crippen molar-refractivity contribution in [3.05, 3.63) is 35.9 Å². The Morgan fingerprint density at radius 1 is 1.14 bits per heavy atom. The van der Waals surface area contributed by atoms with Crippen LogP contribution in [-0.4, -0.2) is 97.7 Å². The quantitative estimate of drug-likeness (QED) is 0.124. The van der Waals surface area contributed by atoms with E-state index in [0.29, 0.717) is 19.4 Å². The Balaban J connectivity index is 0.00000675. The van der Waals surface area contributed by atoms with Crippen LogP contribution in [0.15, 0.2) is 30.3 Å². The molecule has 0 aliphatic carbocycles. The maximum Gasteiger partial charge on any atom is 1.00 e. The van der Waals surface area contributed by atoms with Gasteiger partial charge in [-0.05, 0) is 30.7 Å². The Morgan fingerprint density at radius 3 is 2.25 bits per heavy atom. The number of carbonyl (C=O) groups excluding carboxylic acids is 3. The number of ether oxygens (including phenoxy) is 1. The molecular weight excluding hydrogens is 627 g/mol. The number of amides is 3. The molecule has 0 radical (unpaired) electrons. The van der Waals surface area contributed by atoms with Crippen LogP contribution in [0, 0.1) is 11.8 Å². The van der Waals surface area contributed by atoms with E-state index in [4.69, 9.17) is 4.74 Å². The van der Waals surface area contributed by atoms with Crippen molar-refractivity contribution >= 4 is 38.0 Å². The van der Waals surface area contributed by atoms with Crippen molar-refractivity contribution in [1.82, 2.24) is 20.3 Å². The summed E-state index contributed by atoms with van der Waals surface area (Å²) in [6.07, 6.45) is 1.04. The van der Waals surface area contributed by atoms with E-state index < -0.39 is 61.2 Å². The zero-order chi connectivity index (χ0) is 32.0. The third-order valence-corrected chi connectivity index (χ3v) is 9.99. The normalized spacial score (nSPS) is 21.0. The summed E-state index contributed by atoms with van der Waals surface area (Å²) in [7, 11) is -8.70. The molecule has 4 N–H and O–H groups in total. The van der Waals surface area contributed by atoms with E-state index in [1.807, 2.05) is 30.3 Å². The Kier molecular flexibility index (Phi) is 14.1. The molecule has 3 rings (SSSR count). The molecule has 1 unspecified atom stereocenters. The molecule has 44 heavy (non-hydrogen) atoms. The molecule has 2 saturated heterocycles. The van der Waals surface area contributed by atoms with Crippen molar-refractivity contribution in [3.8, 4) is 0 Å². The molecule has 1 aromatic rings. The number of carbonyl (C=O) groups is 3. The average Bonchev–Trinajstić information content (AvgIpc) is 3.30. The fourth-order valence-electron chi connectivity index (χ4n) is 5.49. The first-order valence-electron chi connectivity index (χ1n) is 14.2. The fourth-order valence-corrected chi connectivity index (χ4v) is 6.91. The van der Waals surface area contributed by atoms with Crippen LogP contribution in [0.25, 0.3) is 0 Å². The summed E-state index contributed by atoms with van der Waals surface area (Å²) < 4.78 is 66.3. The molecule has 14 nitrogen and oxygen atoms in total. The van der Waals surface area contributed by atoms with Crippen molar-refractivity contribution in [2.45, 2.75) is 75.5 Å². The van der Waals surface area contributed by atoms with Crippen LogP contribution >= 0.6 is 0 Å². The van der Waals surface area contributed by atoms with Gasteiger partial charge in [0.1, 0.15) is 21.8 Å². The molecule has 3 amide bonds. The minimum absolute atomic E-state index is 0. The largest absolute Gasteiger partial charge is 1.00 e. The Bertz CT molecular complexity index is 1350. The predicted octanol–water partition coefficient (Wildman–Crippen LogP) is -2.96. The van der Waals surface area contributed by atoms with Crippen molar-refractivity contribution < 1.29 is 75.2 Å². The van der Waals surface area contributed by atoms with Gasteiger partial charge in [-0.1, -0.05) is 44.2 Å². The van der Waals surface area contributed by atoms with E-state index in [9.17, 15) is 40.9 Å². The summed E-state index contributed by atoms with van der Waals surface area (Å²) in [6.45, 7) is 4.19. The molecule has 2 aliphatic rings. The number of aliphatic hydroxyl groups is 1. The Labute approximate surface area is 281 Å². The molecule has 0 saturated carbocycles.